The standard InChI is InChI=1S/C11H17N3/c1-14-5-4-10(8-14)11-3-2-9(6-12)7-13-11/h2-3,7,10H,4-6,8,12H2,1H3. The second-order valence-corrected chi connectivity index (χ2v) is 4.04. The number of likely N-dealkylation sites (N-methyl/N-ethyl adjacent to an activating group) is 1. The topological polar surface area (TPSA) is 42.1 Å². The maximum Gasteiger partial charge on any atom is 0.0448 e. The Morgan fingerprint density at radius 2 is 2.43 bits per heavy atom. The van der Waals surface area contributed by atoms with Crippen molar-refractivity contribution in [2.75, 3.05) is 20.1 Å². The van der Waals surface area contributed by atoms with E-state index in [1.807, 2.05) is 6.20 Å². The van der Waals surface area contributed by atoms with Gasteiger partial charge in [-0.05, 0) is 31.6 Å². The van der Waals surface area contributed by atoms with E-state index >= 15 is 0 Å². The first-order chi connectivity index (χ1) is 6.79. The van der Waals surface area contributed by atoms with E-state index in [-0.39, 0.29) is 0 Å². The monoisotopic (exact) mass is 191 g/mol. The fourth-order valence-electron chi connectivity index (χ4n) is 1.97. The van der Waals surface area contributed by atoms with Gasteiger partial charge in [0.2, 0.25) is 0 Å². The molecule has 1 fully saturated rings. The Bertz CT molecular complexity index is 294. The molecule has 0 aromatic carbocycles. The summed E-state index contributed by atoms with van der Waals surface area (Å²) in [6.07, 6.45) is 3.12. The molecule has 0 saturated carbocycles. The van der Waals surface area contributed by atoms with Crippen molar-refractivity contribution in [3.63, 3.8) is 0 Å². The van der Waals surface area contributed by atoms with Gasteiger partial charge >= 0.3 is 0 Å². The first-order valence-corrected chi connectivity index (χ1v) is 5.13. The molecule has 1 aromatic heterocycles. The maximum atomic E-state index is 5.53. The lowest BCUT2D eigenvalue weighted by atomic mass is 10.0. The molecule has 1 aliphatic heterocycles. The molecule has 76 valence electrons. The summed E-state index contributed by atoms with van der Waals surface area (Å²) in [6, 6.07) is 4.20. The third-order valence-corrected chi connectivity index (χ3v) is 2.89. The SMILES string of the molecule is CN1CCC(c2ccc(CN)cn2)C1. The first kappa shape index (κ1) is 9.62. The lowest BCUT2D eigenvalue weighted by molar-refractivity contribution is 0.410. The largest absolute Gasteiger partial charge is 0.326 e. The van der Waals surface area contributed by atoms with Crippen LogP contribution in [0.5, 0.6) is 0 Å². The molecular formula is C11H17N3. The molecule has 0 spiro atoms. The smallest absolute Gasteiger partial charge is 0.0448 e. The van der Waals surface area contributed by atoms with Crippen molar-refractivity contribution in [2.24, 2.45) is 5.73 Å². The van der Waals surface area contributed by atoms with Crippen molar-refractivity contribution in [1.29, 1.82) is 0 Å². The summed E-state index contributed by atoms with van der Waals surface area (Å²) in [5.74, 6) is 0.617. The molecular weight excluding hydrogens is 174 g/mol. The summed E-state index contributed by atoms with van der Waals surface area (Å²) in [5.41, 5.74) is 7.85. The van der Waals surface area contributed by atoms with Crippen LogP contribution in [-0.2, 0) is 6.54 Å². The summed E-state index contributed by atoms with van der Waals surface area (Å²) < 4.78 is 0. The summed E-state index contributed by atoms with van der Waals surface area (Å²) in [7, 11) is 2.16. The zero-order valence-electron chi connectivity index (χ0n) is 8.61. The van der Waals surface area contributed by atoms with Crippen LogP contribution in [0.4, 0.5) is 0 Å². The molecule has 1 atom stereocenters. The van der Waals surface area contributed by atoms with E-state index in [0.29, 0.717) is 12.5 Å². The Labute approximate surface area is 84.9 Å². The van der Waals surface area contributed by atoms with E-state index in [0.717, 1.165) is 12.1 Å². The number of rotatable bonds is 2. The predicted molar refractivity (Wildman–Crippen MR) is 57.0 cm³/mol. The number of nitrogens with zero attached hydrogens (tertiary/aromatic N) is 2. The molecule has 1 aliphatic rings. The molecule has 1 aromatic rings. The third kappa shape index (κ3) is 1.94. The van der Waals surface area contributed by atoms with Crippen LogP contribution in [0.15, 0.2) is 18.3 Å². The van der Waals surface area contributed by atoms with Crippen LogP contribution < -0.4 is 5.73 Å². The summed E-state index contributed by atoms with van der Waals surface area (Å²) in [4.78, 5) is 6.81. The van der Waals surface area contributed by atoms with Crippen LogP contribution in [0.3, 0.4) is 0 Å². The summed E-state index contributed by atoms with van der Waals surface area (Å²) in [5, 5.41) is 0. The van der Waals surface area contributed by atoms with Gasteiger partial charge in [0.1, 0.15) is 0 Å². The molecule has 3 nitrogen and oxygen atoms in total. The first-order valence-electron chi connectivity index (χ1n) is 5.13. The van der Waals surface area contributed by atoms with Crippen molar-refractivity contribution in [1.82, 2.24) is 9.88 Å². The molecule has 0 radical (unpaired) electrons. The lowest BCUT2D eigenvalue weighted by Crippen LogP contribution is -2.13. The van der Waals surface area contributed by atoms with Gasteiger partial charge in [-0.3, -0.25) is 4.98 Å². The van der Waals surface area contributed by atoms with E-state index in [1.165, 1.54) is 18.7 Å². The van der Waals surface area contributed by atoms with Gasteiger partial charge in [0.25, 0.3) is 0 Å². The van der Waals surface area contributed by atoms with Crippen LogP contribution in [-0.4, -0.2) is 30.0 Å². The van der Waals surface area contributed by atoms with Crippen LogP contribution >= 0.6 is 0 Å². The van der Waals surface area contributed by atoms with Crippen molar-refractivity contribution in [3.05, 3.63) is 29.6 Å². The van der Waals surface area contributed by atoms with Crippen LogP contribution in [0.25, 0.3) is 0 Å². The average Bonchev–Trinajstić information content (AvgIpc) is 2.65. The van der Waals surface area contributed by atoms with E-state index < -0.39 is 0 Å². The van der Waals surface area contributed by atoms with Gasteiger partial charge < -0.3 is 10.6 Å². The average molecular weight is 191 g/mol. The molecule has 1 saturated heterocycles. The summed E-state index contributed by atoms with van der Waals surface area (Å²) in [6.45, 7) is 2.90. The zero-order valence-corrected chi connectivity index (χ0v) is 8.61. The predicted octanol–water partition coefficient (Wildman–Crippen LogP) is 0.959. The Hall–Kier alpha value is -0.930. The molecule has 1 unspecified atom stereocenters. The zero-order chi connectivity index (χ0) is 9.97. The molecule has 0 amide bonds. The Morgan fingerprint density at radius 1 is 1.57 bits per heavy atom. The van der Waals surface area contributed by atoms with E-state index in [1.54, 1.807) is 0 Å². The number of hydrogen-bond acceptors (Lipinski definition) is 3. The highest BCUT2D eigenvalue weighted by Gasteiger charge is 2.21. The van der Waals surface area contributed by atoms with E-state index in [9.17, 15) is 0 Å². The van der Waals surface area contributed by atoms with E-state index in [2.05, 4.69) is 29.1 Å². The second kappa shape index (κ2) is 4.07. The minimum absolute atomic E-state index is 0.581. The molecule has 3 heteroatoms. The number of likely N-dealkylation sites (tertiary alicyclic amines) is 1. The lowest BCUT2D eigenvalue weighted by Gasteiger charge is -2.09. The van der Waals surface area contributed by atoms with Gasteiger partial charge in [-0.1, -0.05) is 6.07 Å². The highest BCUT2D eigenvalue weighted by Crippen LogP contribution is 2.24. The molecule has 2 heterocycles. The van der Waals surface area contributed by atoms with Crippen molar-refractivity contribution >= 4 is 0 Å². The minimum Gasteiger partial charge on any atom is -0.326 e. The van der Waals surface area contributed by atoms with Gasteiger partial charge in [0.15, 0.2) is 0 Å². The van der Waals surface area contributed by atoms with Crippen LogP contribution in [0.2, 0.25) is 0 Å². The van der Waals surface area contributed by atoms with Gasteiger partial charge in [-0.25, -0.2) is 0 Å². The second-order valence-electron chi connectivity index (χ2n) is 4.04. The molecule has 0 aliphatic carbocycles. The molecule has 0 bridgehead atoms. The van der Waals surface area contributed by atoms with Crippen LogP contribution in [0.1, 0.15) is 23.6 Å². The summed E-state index contributed by atoms with van der Waals surface area (Å²) >= 11 is 0. The van der Waals surface area contributed by atoms with Gasteiger partial charge in [-0.15, -0.1) is 0 Å². The van der Waals surface area contributed by atoms with Crippen molar-refractivity contribution < 1.29 is 0 Å². The minimum atomic E-state index is 0.581. The van der Waals surface area contributed by atoms with Gasteiger partial charge in [-0.2, -0.15) is 0 Å². The fraction of sp³-hybridized carbons (Fsp3) is 0.545. The third-order valence-electron chi connectivity index (χ3n) is 2.89. The number of nitrogens with two attached hydrogens (primary N) is 1. The Balaban J connectivity index is 2.09. The normalized spacial score (nSPS) is 22.9. The maximum absolute atomic E-state index is 5.53. The van der Waals surface area contributed by atoms with Crippen LogP contribution in [0, 0.1) is 0 Å². The molecule has 14 heavy (non-hydrogen) atoms. The quantitative estimate of drug-likeness (QED) is 0.757. The fourth-order valence-corrected chi connectivity index (χ4v) is 1.97. The number of pyridine rings is 1. The van der Waals surface area contributed by atoms with Gasteiger partial charge in [0, 0.05) is 30.9 Å². The van der Waals surface area contributed by atoms with E-state index in [4.69, 9.17) is 5.73 Å². The number of aromatic nitrogens is 1. The van der Waals surface area contributed by atoms with Crippen molar-refractivity contribution in [3.8, 4) is 0 Å². The highest BCUT2D eigenvalue weighted by molar-refractivity contribution is 5.17. The van der Waals surface area contributed by atoms with Gasteiger partial charge in [0.05, 0.1) is 0 Å². The molecule has 2 N–H and O–H groups in total. The molecule has 2 rings (SSSR count). The number of hydrogen-bond donors (Lipinski definition) is 1. The highest BCUT2D eigenvalue weighted by atomic mass is 15.1. The van der Waals surface area contributed by atoms with Crippen molar-refractivity contribution in [2.45, 2.75) is 18.9 Å². The Kier molecular flexibility index (Phi) is 2.79. The Morgan fingerprint density at radius 3 is 2.93 bits per heavy atom.